The molecule has 0 N–H and O–H groups in total. The Balaban J connectivity index is 2.46. The van der Waals surface area contributed by atoms with E-state index in [2.05, 4.69) is 9.97 Å². The number of sulfone groups is 1. The molecule has 7 nitrogen and oxygen atoms in total. The van der Waals surface area contributed by atoms with E-state index in [4.69, 9.17) is 0 Å². The molecule has 2 aromatic heterocycles. The lowest BCUT2D eigenvalue weighted by molar-refractivity contribution is 0.101. The molecule has 1 fully saturated rings. The predicted octanol–water partition coefficient (Wildman–Crippen LogP) is 1.82. The summed E-state index contributed by atoms with van der Waals surface area (Å²) in [6.07, 6.45) is 6.04. The maximum Gasteiger partial charge on any atom is 0.263 e. The molecule has 0 radical (unpaired) electrons. The molecule has 8 heteroatoms. The van der Waals surface area contributed by atoms with Gasteiger partial charge in [0.25, 0.3) is 5.56 Å². The molecule has 0 aliphatic heterocycles. The molecular formula is C16H19N3O4S. The van der Waals surface area contributed by atoms with E-state index >= 15 is 0 Å². The number of aryl methyl sites for hydroxylation is 1. The summed E-state index contributed by atoms with van der Waals surface area (Å²) in [6.45, 7) is 3.03. The summed E-state index contributed by atoms with van der Waals surface area (Å²) in [5, 5.41) is 0.232. The first-order valence-corrected chi connectivity index (χ1v) is 9.73. The van der Waals surface area contributed by atoms with Crippen LogP contribution in [-0.2, 0) is 9.84 Å². The van der Waals surface area contributed by atoms with Crippen LogP contribution in [0.5, 0.6) is 0 Å². The second kappa shape index (κ2) is 5.77. The molecular weight excluding hydrogens is 330 g/mol. The Labute approximate surface area is 139 Å². The summed E-state index contributed by atoms with van der Waals surface area (Å²) < 4.78 is 25.1. The molecule has 0 atom stereocenters. The number of ketones is 1. The van der Waals surface area contributed by atoms with Gasteiger partial charge in [0.15, 0.2) is 5.78 Å². The lowest BCUT2D eigenvalue weighted by atomic mass is 10.0. The molecule has 0 saturated heterocycles. The number of rotatable bonds is 3. The van der Waals surface area contributed by atoms with Gasteiger partial charge < -0.3 is 0 Å². The van der Waals surface area contributed by atoms with Crippen LogP contribution in [-0.4, -0.2) is 35.0 Å². The Morgan fingerprint density at radius 3 is 2.46 bits per heavy atom. The number of fused-ring (bicyclic) bond motifs is 1. The van der Waals surface area contributed by atoms with Crippen LogP contribution in [0.15, 0.2) is 16.1 Å². The van der Waals surface area contributed by atoms with Gasteiger partial charge in [-0.25, -0.2) is 13.4 Å². The van der Waals surface area contributed by atoms with Gasteiger partial charge in [-0.2, -0.15) is 4.98 Å². The predicted molar refractivity (Wildman–Crippen MR) is 89.2 cm³/mol. The van der Waals surface area contributed by atoms with Crippen LogP contribution >= 0.6 is 0 Å². The van der Waals surface area contributed by atoms with Crippen molar-refractivity contribution in [3.05, 3.63) is 27.7 Å². The summed E-state index contributed by atoms with van der Waals surface area (Å²) in [5.41, 5.74) is 0.532. The Hall–Kier alpha value is -2.09. The summed E-state index contributed by atoms with van der Waals surface area (Å²) in [6, 6.07) is -0.0685. The first-order chi connectivity index (χ1) is 11.2. The van der Waals surface area contributed by atoms with Crippen molar-refractivity contribution < 1.29 is 13.2 Å². The first kappa shape index (κ1) is 16.8. The number of carbonyl (C=O) groups excluding carboxylic acids is 1. The van der Waals surface area contributed by atoms with Crippen LogP contribution in [0.4, 0.5) is 0 Å². The number of aromatic nitrogens is 3. The fourth-order valence-electron chi connectivity index (χ4n) is 3.41. The summed E-state index contributed by atoms with van der Waals surface area (Å²) in [5.74, 6) is -0.307. The van der Waals surface area contributed by atoms with E-state index in [-0.39, 0.29) is 22.5 Å². The third kappa shape index (κ3) is 2.64. The number of pyridine rings is 1. The highest BCUT2D eigenvalue weighted by atomic mass is 32.2. The van der Waals surface area contributed by atoms with Crippen LogP contribution in [0.3, 0.4) is 0 Å². The average molecular weight is 349 g/mol. The molecule has 1 aliphatic carbocycles. The molecule has 0 unspecified atom stereocenters. The van der Waals surface area contributed by atoms with Crippen molar-refractivity contribution in [1.29, 1.82) is 0 Å². The van der Waals surface area contributed by atoms with Gasteiger partial charge in [0, 0.05) is 23.9 Å². The number of carbonyl (C=O) groups is 1. The third-order valence-electron chi connectivity index (χ3n) is 4.56. The molecule has 1 aliphatic rings. The molecule has 0 amide bonds. The normalized spacial score (nSPS) is 16.0. The third-order valence-corrected chi connectivity index (χ3v) is 5.42. The van der Waals surface area contributed by atoms with Gasteiger partial charge in [0.2, 0.25) is 15.0 Å². The lowest BCUT2D eigenvalue weighted by Gasteiger charge is -2.19. The zero-order valence-electron chi connectivity index (χ0n) is 13.9. The number of nitrogens with zero attached hydrogens (tertiary/aromatic N) is 3. The quantitative estimate of drug-likeness (QED) is 0.619. The zero-order chi connectivity index (χ0) is 17.6. The molecule has 128 valence electrons. The van der Waals surface area contributed by atoms with Crippen LogP contribution in [0.2, 0.25) is 0 Å². The minimum atomic E-state index is -3.59. The molecule has 24 heavy (non-hydrogen) atoms. The highest BCUT2D eigenvalue weighted by Gasteiger charge is 2.26. The monoisotopic (exact) mass is 349 g/mol. The van der Waals surface area contributed by atoms with Crippen LogP contribution in [0.25, 0.3) is 11.0 Å². The van der Waals surface area contributed by atoms with Crippen molar-refractivity contribution in [2.75, 3.05) is 6.26 Å². The van der Waals surface area contributed by atoms with E-state index < -0.39 is 15.4 Å². The van der Waals surface area contributed by atoms with Gasteiger partial charge in [-0.3, -0.25) is 14.2 Å². The second-order valence-electron chi connectivity index (χ2n) is 6.33. The fourth-order valence-corrected chi connectivity index (χ4v) is 3.91. The SMILES string of the molecule is CC(=O)c1c(C)c2cnc(S(C)(=O)=O)nc2n(C2CCCC2)c1=O. The maximum atomic E-state index is 12.9. The maximum absolute atomic E-state index is 12.9. The van der Waals surface area contributed by atoms with Crippen molar-refractivity contribution in [3.8, 4) is 0 Å². The van der Waals surface area contributed by atoms with Gasteiger partial charge >= 0.3 is 0 Å². The van der Waals surface area contributed by atoms with Gasteiger partial charge in [0.1, 0.15) is 5.65 Å². The minimum Gasteiger partial charge on any atom is -0.294 e. The first-order valence-electron chi connectivity index (χ1n) is 7.84. The van der Waals surface area contributed by atoms with Gasteiger partial charge in [-0.15, -0.1) is 0 Å². The van der Waals surface area contributed by atoms with Gasteiger partial charge in [-0.1, -0.05) is 12.8 Å². The largest absolute Gasteiger partial charge is 0.294 e. The van der Waals surface area contributed by atoms with Crippen molar-refractivity contribution in [3.63, 3.8) is 0 Å². The molecule has 0 bridgehead atoms. The lowest BCUT2D eigenvalue weighted by Crippen LogP contribution is -2.30. The molecule has 0 spiro atoms. The second-order valence-corrected chi connectivity index (χ2v) is 8.24. The fraction of sp³-hybridized carbons (Fsp3) is 0.500. The topological polar surface area (TPSA) is 99.0 Å². The van der Waals surface area contributed by atoms with E-state index in [0.717, 1.165) is 31.9 Å². The molecule has 2 aromatic rings. The summed E-state index contributed by atoms with van der Waals surface area (Å²) >= 11 is 0. The average Bonchev–Trinajstić information content (AvgIpc) is 2.99. The van der Waals surface area contributed by atoms with E-state index in [0.29, 0.717) is 16.6 Å². The van der Waals surface area contributed by atoms with Gasteiger partial charge in [0.05, 0.1) is 5.56 Å². The van der Waals surface area contributed by atoms with E-state index in [1.165, 1.54) is 17.7 Å². The van der Waals surface area contributed by atoms with E-state index in [1.54, 1.807) is 6.92 Å². The number of Topliss-reactive ketones (excluding diaryl/α,β-unsaturated/α-hetero) is 1. The van der Waals surface area contributed by atoms with Crippen LogP contribution in [0, 0.1) is 6.92 Å². The molecule has 2 heterocycles. The summed E-state index contributed by atoms with van der Waals surface area (Å²) in [7, 11) is -3.59. The standard InChI is InChI=1S/C16H19N3O4S/c1-9-12-8-17-16(24(3,22)23)18-14(12)19(11-6-4-5-7-11)15(21)13(9)10(2)20/h8,11H,4-7H2,1-3H3. The Bertz CT molecular complexity index is 1000. The van der Waals surface area contributed by atoms with Gasteiger partial charge in [-0.05, 0) is 32.3 Å². The number of hydrogen-bond acceptors (Lipinski definition) is 6. The Kier molecular flexibility index (Phi) is 4.03. The van der Waals surface area contributed by atoms with Crippen molar-refractivity contribution >= 4 is 26.7 Å². The molecule has 1 saturated carbocycles. The highest BCUT2D eigenvalue weighted by molar-refractivity contribution is 7.90. The van der Waals surface area contributed by atoms with Crippen molar-refractivity contribution in [2.24, 2.45) is 0 Å². The Morgan fingerprint density at radius 2 is 1.92 bits per heavy atom. The van der Waals surface area contributed by atoms with E-state index in [9.17, 15) is 18.0 Å². The molecule has 3 rings (SSSR count). The Morgan fingerprint density at radius 1 is 1.29 bits per heavy atom. The highest BCUT2D eigenvalue weighted by Crippen LogP contribution is 2.31. The molecule has 0 aromatic carbocycles. The summed E-state index contributed by atoms with van der Waals surface area (Å²) in [4.78, 5) is 33.0. The van der Waals surface area contributed by atoms with Crippen molar-refractivity contribution in [2.45, 2.75) is 50.7 Å². The van der Waals surface area contributed by atoms with Crippen LogP contribution < -0.4 is 5.56 Å². The van der Waals surface area contributed by atoms with E-state index in [1.807, 2.05) is 0 Å². The minimum absolute atomic E-state index is 0.0685. The smallest absolute Gasteiger partial charge is 0.263 e. The van der Waals surface area contributed by atoms with Crippen LogP contribution in [0.1, 0.15) is 54.6 Å². The zero-order valence-corrected chi connectivity index (χ0v) is 14.7. The number of hydrogen-bond donors (Lipinski definition) is 0. The van der Waals surface area contributed by atoms with Crippen molar-refractivity contribution in [1.82, 2.24) is 14.5 Å².